The lowest BCUT2D eigenvalue weighted by molar-refractivity contribution is -0.166. The average molecular weight is 334 g/mol. The summed E-state index contributed by atoms with van der Waals surface area (Å²) in [5.41, 5.74) is 5.34. The van der Waals surface area contributed by atoms with Crippen LogP contribution in [-0.2, 0) is 9.53 Å². The molecular weight excluding hydrogens is 304 g/mol. The van der Waals surface area contributed by atoms with Crippen LogP contribution in [0.3, 0.4) is 0 Å². The van der Waals surface area contributed by atoms with Gasteiger partial charge >= 0.3 is 5.97 Å². The predicted molar refractivity (Wildman–Crippen MR) is 93.2 cm³/mol. The van der Waals surface area contributed by atoms with Crippen LogP contribution in [0.1, 0.15) is 71.1 Å². The lowest BCUT2D eigenvalue weighted by atomic mass is 9.72. The first-order valence-corrected chi connectivity index (χ1v) is 8.84. The summed E-state index contributed by atoms with van der Waals surface area (Å²) < 4.78 is 5.60. The molecule has 0 aliphatic heterocycles. The van der Waals surface area contributed by atoms with Crippen molar-refractivity contribution in [2.75, 3.05) is 0 Å². The van der Waals surface area contributed by atoms with E-state index < -0.39 is 23.2 Å². The van der Waals surface area contributed by atoms with E-state index in [4.69, 9.17) is 10.5 Å². The Balaban J connectivity index is 2.23. The van der Waals surface area contributed by atoms with Crippen LogP contribution in [-0.4, -0.2) is 27.2 Å². The van der Waals surface area contributed by atoms with Crippen LogP contribution in [0.5, 0.6) is 0 Å². The minimum absolute atomic E-state index is 0.0273. The van der Waals surface area contributed by atoms with E-state index in [2.05, 4.69) is 4.98 Å². The summed E-state index contributed by atoms with van der Waals surface area (Å²) in [5.74, 6) is -0.392. The Bertz CT molecular complexity index is 535. The second-order valence-corrected chi connectivity index (χ2v) is 7.85. The second-order valence-electron chi connectivity index (χ2n) is 7.85. The van der Waals surface area contributed by atoms with E-state index in [1.165, 1.54) is 6.42 Å². The largest absolute Gasteiger partial charge is 0.459 e. The molecule has 0 amide bonds. The zero-order valence-corrected chi connectivity index (χ0v) is 15.0. The normalized spacial score (nSPS) is 20.2. The molecule has 1 aromatic heterocycles. The highest BCUT2D eigenvalue weighted by Crippen LogP contribution is 2.37. The predicted octanol–water partition coefficient (Wildman–Crippen LogP) is 3.12. The van der Waals surface area contributed by atoms with Gasteiger partial charge in [-0.25, -0.2) is 0 Å². The van der Waals surface area contributed by atoms with Gasteiger partial charge in [-0.15, -0.1) is 0 Å². The van der Waals surface area contributed by atoms with Crippen LogP contribution >= 0.6 is 0 Å². The first-order valence-electron chi connectivity index (χ1n) is 8.84. The maximum Gasteiger partial charge on any atom is 0.327 e. The van der Waals surface area contributed by atoms with Gasteiger partial charge in [0.15, 0.2) is 0 Å². The number of aliphatic hydroxyl groups excluding tert-OH is 1. The quantitative estimate of drug-likeness (QED) is 0.808. The number of carbonyl (C=O) groups is 1. The number of aromatic nitrogens is 1. The molecule has 0 aromatic carbocycles. The van der Waals surface area contributed by atoms with Crippen LogP contribution in [0.4, 0.5) is 0 Å². The van der Waals surface area contributed by atoms with Gasteiger partial charge in [0.1, 0.15) is 11.1 Å². The van der Waals surface area contributed by atoms with Crippen LogP contribution in [0, 0.1) is 5.92 Å². The number of aliphatic hydroxyl groups is 1. The molecule has 134 valence electrons. The number of hydrogen-bond donors (Lipinski definition) is 2. The van der Waals surface area contributed by atoms with Gasteiger partial charge in [0.2, 0.25) is 0 Å². The first kappa shape index (κ1) is 18.9. The summed E-state index contributed by atoms with van der Waals surface area (Å²) in [4.78, 5) is 17.1. The molecule has 1 heterocycles. The fourth-order valence-corrected chi connectivity index (χ4v) is 3.41. The SMILES string of the molecule is CC(C)(C)OC(=O)C(N)(CC(O)c1ccccn1)C1CCCCC1. The van der Waals surface area contributed by atoms with Gasteiger partial charge in [0.25, 0.3) is 0 Å². The van der Waals surface area contributed by atoms with Gasteiger partial charge < -0.3 is 15.6 Å². The highest BCUT2D eigenvalue weighted by atomic mass is 16.6. The van der Waals surface area contributed by atoms with Crippen molar-refractivity contribution in [3.63, 3.8) is 0 Å². The van der Waals surface area contributed by atoms with Gasteiger partial charge in [0.05, 0.1) is 11.8 Å². The standard InChI is InChI=1S/C19H30N2O3/c1-18(2,3)24-17(23)19(20,14-9-5-4-6-10-14)13-16(22)15-11-7-8-12-21-15/h7-8,11-12,14,16,22H,4-6,9-10,13,20H2,1-3H3. The maximum atomic E-state index is 12.9. The van der Waals surface area contributed by atoms with Crippen molar-refractivity contribution in [1.29, 1.82) is 0 Å². The Morgan fingerprint density at radius 3 is 2.54 bits per heavy atom. The number of nitrogens with two attached hydrogens (primary N) is 1. The number of carbonyl (C=O) groups excluding carboxylic acids is 1. The van der Waals surface area contributed by atoms with Crippen molar-refractivity contribution in [3.05, 3.63) is 30.1 Å². The van der Waals surface area contributed by atoms with Crippen molar-refractivity contribution in [3.8, 4) is 0 Å². The molecule has 2 rings (SSSR count). The van der Waals surface area contributed by atoms with E-state index in [9.17, 15) is 9.90 Å². The zero-order chi connectivity index (χ0) is 17.8. The molecule has 2 unspecified atom stereocenters. The summed E-state index contributed by atoms with van der Waals surface area (Å²) in [7, 11) is 0. The summed E-state index contributed by atoms with van der Waals surface area (Å²) in [6.07, 6.45) is 5.96. The van der Waals surface area contributed by atoms with Gasteiger partial charge in [0, 0.05) is 12.6 Å². The minimum Gasteiger partial charge on any atom is -0.459 e. The van der Waals surface area contributed by atoms with E-state index in [1.54, 1.807) is 18.3 Å². The van der Waals surface area contributed by atoms with Crippen molar-refractivity contribution in [1.82, 2.24) is 4.98 Å². The lowest BCUT2D eigenvalue weighted by Crippen LogP contribution is -2.57. The van der Waals surface area contributed by atoms with E-state index in [0.717, 1.165) is 25.7 Å². The topological polar surface area (TPSA) is 85.4 Å². The number of nitrogens with zero attached hydrogens (tertiary/aromatic N) is 1. The molecule has 1 aliphatic rings. The van der Waals surface area contributed by atoms with E-state index >= 15 is 0 Å². The third kappa shape index (κ3) is 4.77. The molecule has 24 heavy (non-hydrogen) atoms. The summed E-state index contributed by atoms with van der Waals surface area (Å²) in [5, 5.41) is 10.6. The molecule has 1 aliphatic carbocycles. The summed E-state index contributed by atoms with van der Waals surface area (Å²) >= 11 is 0. The van der Waals surface area contributed by atoms with Crippen LogP contribution in [0.25, 0.3) is 0 Å². The highest BCUT2D eigenvalue weighted by molar-refractivity contribution is 5.81. The van der Waals surface area contributed by atoms with Gasteiger partial charge in [-0.3, -0.25) is 9.78 Å². The molecule has 1 aromatic rings. The molecule has 5 heteroatoms. The van der Waals surface area contributed by atoms with Gasteiger partial charge in [-0.2, -0.15) is 0 Å². The monoisotopic (exact) mass is 334 g/mol. The Labute approximate surface area is 144 Å². The van der Waals surface area contributed by atoms with Crippen LogP contribution in [0.15, 0.2) is 24.4 Å². The Morgan fingerprint density at radius 2 is 2.00 bits per heavy atom. The molecule has 3 N–H and O–H groups in total. The maximum absolute atomic E-state index is 12.9. The number of rotatable bonds is 5. The summed E-state index contributed by atoms with van der Waals surface area (Å²) in [6, 6.07) is 5.36. The first-order chi connectivity index (χ1) is 11.2. The molecule has 0 saturated heterocycles. The lowest BCUT2D eigenvalue weighted by Gasteiger charge is -2.40. The highest BCUT2D eigenvalue weighted by Gasteiger charge is 2.46. The summed E-state index contributed by atoms with van der Waals surface area (Å²) in [6.45, 7) is 5.50. The number of ether oxygens (including phenoxy) is 1. The fourth-order valence-electron chi connectivity index (χ4n) is 3.41. The third-order valence-corrected chi connectivity index (χ3v) is 4.67. The molecule has 0 spiro atoms. The number of pyridine rings is 1. The molecule has 1 saturated carbocycles. The fraction of sp³-hybridized carbons (Fsp3) is 0.684. The third-order valence-electron chi connectivity index (χ3n) is 4.67. The number of esters is 1. The van der Waals surface area contributed by atoms with Gasteiger partial charge in [-0.1, -0.05) is 25.3 Å². The molecule has 0 radical (unpaired) electrons. The second kappa shape index (κ2) is 7.62. The molecule has 1 fully saturated rings. The molecular formula is C19H30N2O3. The Kier molecular flexibility index (Phi) is 5.99. The van der Waals surface area contributed by atoms with Crippen molar-refractivity contribution in [2.45, 2.75) is 76.5 Å². The van der Waals surface area contributed by atoms with Crippen molar-refractivity contribution in [2.24, 2.45) is 11.7 Å². The van der Waals surface area contributed by atoms with Crippen LogP contribution in [0.2, 0.25) is 0 Å². The van der Waals surface area contributed by atoms with E-state index in [1.807, 2.05) is 26.8 Å². The van der Waals surface area contributed by atoms with Crippen LogP contribution < -0.4 is 5.73 Å². The average Bonchev–Trinajstić information content (AvgIpc) is 2.54. The number of hydrogen-bond acceptors (Lipinski definition) is 5. The van der Waals surface area contributed by atoms with Crippen molar-refractivity contribution < 1.29 is 14.6 Å². The molecule has 2 atom stereocenters. The van der Waals surface area contributed by atoms with E-state index in [0.29, 0.717) is 5.69 Å². The Morgan fingerprint density at radius 1 is 1.33 bits per heavy atom. The van der Waals surface area contributed by atoms with Gasteiger partial charge in [-0.05, 0) is 51.7 Å². The minimum atomic E-state index is -1.19. The smallest absolute Gasteiger partial charge is 0.327 e. The molecule has 5 nitrogen and oxygen atoms in total. The van der Waals surface area contributed by atoms with Crippen molar-refractivity contribution >= 4 is 5.97 Å². The van der Waals surface area contributed by atoms with E-state index in [-0.39, 0.29) is 12.3 Å². The zero-order valence-electron chi connectivity index (χ0n) is 15.0. The Hall–Kier alpha value is -1.46. The molecule has 0 bridgehead atoms.